The van der Waals surface area contributed by atoms with Gasteiger partial charge >= 0.3 is 0 Å². The third-order valence-corrected chi connectivity index (χ3v) is 3.79. The lowest BCUT2D eigenvalue weighted by atomic mass is 10.1. The van der Waals surface area contributed by atoms with E-state index in [0.717, 1.165) is 16.7 Å². The monoisotopic (exact) mass is 333 g/mol. The summed E-state index contributed by atoms with van der Waals surface area (Å²) in [6, 6.07) is 11.8. The average molecular weight is 333 g/mol. The van der Waals surface area contributed by atoms with Crippen LogP contribution in [-0.4, -0.2) is 20.9 Å². The van der Waals surface area contributed by atoms with Crippen LogP contribution >= 0.6 is 0 Å². The number of nitrogens with zero attached hydrogens (tertiary/aromatic N) is 3. The standard InChI is InChI=1S/C19H19N5O/c1-14-5-2-3-7-16(14)11-21-18(25)17-12-23-19(24-13-17)22-10-15-6-4-8-20-9-15/h2-9,12-13H,10-11H2,1H3,(H,21,25)(H,22,23,24). The van der Waals surface area contributed by atoms with E-state index in [0.29, 0.717) is 24.6 Å². The van der Waals surface area contributed by atoms with Crippen LogP contribution in [0.25, 0.3) is 0 Å². The molecule has 0 aliphatic rings. The molecule has 0 saturated heterocycles. The highest BCUT2D eigenvalue weighted by Crippen LogP contribution is 2.07. The number of nitrogens with one attached hydrogen (secondary N) is 2. The Hall–Kier alpha value is -3.28. The average Bonchev–Trinajstić information content (AvgIpc) is 2.67. The van der Waals surface area contributed by atoms with Crippen molar-refractivity contribution in [1.29, 1.82) is 0 Å². The second-order valence-corrected chi connectivity index (χ2v) is 5.62. The number of carbonyl (C=O) groups excluding carboxylic acids is 1. The Labute approximate surface area is 146 Å². The van der Waals surface area contributed by atoms with Gasteiger partial charge in [0.25, 0.3) is 5.91 Å². The van der Waals surface area contributed by atoms with Crippen molar-refractivity contribution in [3.63, 3.8) is 0 Å². The molecule has 0 unspecified atom stereocenters. The van der Waals surface area contributed by atoms with E-state index in [9.17, 15) is 4.79 Å². The number of hydrogen-bond acceptors (Lipinski definition) is 5. The second kappa shape index (κ2) is 8.01. The van der Waals surface area contributed by atoms with Crippen molar-refractivity contribution in [3.05, 3.63) is 83.4 Å². The van der Waals surface area contributed by atoms with Crippen molar-refractivity contribution in [1.82, 2.24) is 20.3 Å². The first-order valence-electron chi connectivity index (χ1n) is 8.00. The van der Waals surface area contributed by atoms with E-state index in [2.05, 4.69) is 25.6 Å². The SMILES string of the molecule is Cc1ccccc1CNC(=O)c1cnc(NCc2cccnc2)nc1. The van der Waals surface area contributed by atoms with Crippen molar-refractivity contribution in [2.75, 3.05) is 5.32 Å². The summed E-state index contributed by atoms with van der Waals surface area (Å²) >= 11 is 0. The fourth-order valence-electron chi connectivity index (χ4n) is 2.31. The highest BCUT2D eigenvalue weighted by atomic mass is 16.1. The zero-order valence-corrected chi connectivity index (χ0v) is 13.9. The van der Waals surface area contributed by atoms with Gasteiger partial charge in [-0.2, -0.15) is 0 Å². The lowest BCUT2D eigenvalue weighted by Crippen LogP contribution is -2.23. The molecule has 0 spiro atoms. The topological polar surface area (TPSA) is 79.8 Å². The number of hydrogen-bond donors (Lipinski definition) is 2. The van der Waals surface area contributed by atoms with Crippen molar-refractivity contribution in [3.8, 4) is 0 Å². The Kier molecular flexibility index (Phi) is 5.31. The predicted molar refractivity (Wildman–Crippen MR) is 95.9 cm³/mol. The molecule has 2 N–H and O–H groups in total. The van der Waals surface area contributed by atoms with Gasteiger partial charge in [-0.3, -0.25) is 9.78 Å². The molecule has 3 rings (SSSR count). The summed E-state index contributed by atoms with van der Waals surface area (Å²) in [5.74, 6) is 0.279. The lowest BCUT2D eigenvalue weighted by molar-refractivity contribution is 0.0950. The molecule has 0 atom stereocenters. The number of amides is 1. The van der Waals surface area contributed by atoms with E-state index in [-0.39, 0.29) is 5.91 Å². The zero-order chi connectivity index (χ0) is 17.5. The van der Waals surface area contributed by atoms with Gasteiger partial charge in [0.15, 0.2) is 0 Å². The van der Waals surface area contributed by atoms with Gasteiger partial charge in [0.2, 0.25) is 5.95 Å². The molecule has 0 radical (unpaired) electrons. The van der Waals surface area contributed by atoms with Crippen LogP contribution in [0.1, 0.15) is 27.0 Å². The Balaban J connectivity index is 1.54. The molecular weight excluding hydrogens is 314 g/mol. The molecule has 6 heteroatoms. The Morgan fingerprint density at radius 1 is 1.00 bits per heavy atom. The van der Waals surface area contributed by atoms with E-state index < -0.39 is 0 Å². The fraction of sp³-hybridized carbons (Fsp3) is 0.158. The van der Waals surface area contributed by atoms with Gasteiger partial charge in [0.1, 0.15) is 0 Å². The molecule has 1 aromatic carbocycles. The minimum atomic E-state index is -0.193. The summed E-state index contributed by atoms with van der Waals surface area (Å²) in [5.41, 5.74) is 3.70. The van der Waals surface area contributed by atoms with Crippen molar-refractivity contribution in [2.24, 2.45) is 0 Å². The second-order valence-electron chi connectivity index (χ2n) is 5.62. The number of aromatic nitrogens is 3. The molecule has 0 fully saturated rings. The van der Waals surface area contributed by atoms with Gasteiger partial charge < -0.3 is 10.6 Å². The van der Waals surface area contributed by atoms with Gasteiger partial charge in [-0.1, -0.05) is 30.3 Å². The third-order valence-electron chi connectivity index (χ3n) is 3.79. The Morgan fingerprint density at radius 2 is 1.80 bits per heavy atom. The smallest absolute Gasteiger partial charge is 0.254 e. The summed E-state index contributed by atoms with van der Waals surface area (Å²) in [6.45, 7) is 3.08. The van der Waals surface area contributed by atoms with Crippen LogP contribution in [0, 0.1) is 6.92 Å². The molecule has 25 heavy (non-hydrogen) atoms. The first-order chi connectivity index (χ1) is 12.2. The van der Waals surface area contributed by atoms with E-state index in [4.69, 9.17) is 0 Å². The molecule has 0 saturated carbocycles. The largest absolute Gasteiger partial charge is 0.350 e. The fourth-order valence-corrected chi connectivity index (χ4v) is 2.31. The zero-order valence-electron chi connectivity index (χ0n) is 13.9. The molecule has 3 aromatic rings. The molecule has 0 aliphatic heterocycles. The number of pyridine rings is 1. The first kappa shape index (κ1) is 16.6. The van der Waals surface area contributed by atoms with E-state index in [1.807, 2.05) is 43.3 Å². The molecule has 0 bridgehead atoms. The molecule has 6 nitrogen and oxygen atoms in total. The summed E-state index contributed by atoms with van der Waals surface area (Å²) in [7, 11) is 0. The summed E-state index contributed by atoms with van der Waals surface area (Å²) in [6.07, 6.45) is 6.54. The highest BCUT2D eigenvalue weighted by molar-refractivity contribution is 5.93. The number of benzene rings is 1. The number of carbonyl (C=O) groups is 1. The summed E-state index contributed by atoms with van der Waals surface area (Å²) < 4.78 is 0. The molecule has 2 aromatic heterocycles. The lowest BCUT2D eigenvalue weighted by Gasteiger charge is -2.08. The van der Waals surface area contributed by atoms with Gasteiger partial charge in [0.05, 0.1) is 5.56 Å². The number of rotatable bonds is 6. The van der Waals surface area contributed by atoms with Crippen molar-refractivity contribution < 1.29 is 4.79 Å². The maximum absolute atomic E-state index is 12.2. The molecular formula is C19H19N5O. The van der Waals surface area contributed by atoms with E-state index in [1.54, 1.807) is 12.4 Å². The third kappa shape index (κ3) is 4.60. The highest BCUT2D eigenvalue weighted by Gasteiger charge is 2.07. The van der Waals surface area contributed by atoms with Gasteiger partial charge in [-0.05, 0) is 29.7 Å². The van der Waals surface area contributed by atoms with Crippen LogP contribution in [0.15, 0.2) is 61.2 Å². The van der Waals surface area contributed by atoms with Crippen LogP contribution in [0.4, 0.5) is 5.95 Å². The quantitative estimate of drug-likeness (QED) is 0.725. The Bertz CT molecular complexity index is 834. The predicted octanol–water partition coefficient (Wildman–Crippen LogP) is 2.72. The molecule has 0 aliphatic carbocycles. The normalized spacial score (nSPS) is 10.3. The molecule has 1 amide bonds. The van der Waals surface area contributed by atoms with Crippen molar-refractivity contribution >= 4 is 11.9 Å². The van der Waals surface area contributed by atoms with Crippen LogP contribution in [0.5, 0.6) is 0 Å². The summed E-state index contributed by atoms with van der Waals surface area (Å²) in [5, 5.41) is 5.98. The van der Waals surface area contributed by atoms with Crippen LogP contribution < -0.4 is 10.6 Å². The maximum atomic E-state index is 12.2. The molecule has 126 valence electrons. The Morgan fingerprint density at radius 3 is 2.52 bits per heavy atom. The summed E-state index contributed by atoms with van der Waals surface area (Å²) in [4.78, 5) is 24.6. The van der Waals surface area contributed by atoms with Gasteiger partial charge in [0, 0.05) is 37.9 Å². The number of aryl methyl sites for hydroxylation is 1. The van der Waals surface area contributed by atoms with E-state index in [1.165, 1.54) is 12.4 Å². The molecule has 2 heterocycles. The minimum absolute atomic E-state index is 0.193. The number of anilines is 1. The van der Waals surface area contributed by atoms with Crippen LogP contribution in [-0.2, 0) is 13.1 Å². The van der Waals surface area contributed by atoms with E-state index >= 15 is 0 Å². The maximum Gasteiger partial charge on any atom is 0.254 e. The van der Waals surface area contributed by atoms with Crippen LogP contribution in [0.2, 0.25) is 0 Å². The van der Waals surface area contributed by atoms with Gasteiger partial charge in [-0.25, -0.2) is 9.97 Å². The van der Waals surface area contributed by atoms with Crippen LogP contribution in [0.3, 0.4) is 0 Å². The van der Waals surface area contributed by atoms with Gasteiger partial charge in [-0.15, -0.1) is 0 Å². The van der Waals surface area contributed by atoms with Crippen molar-refractivity contribution in [2.45, 2.75) is 20.0 Å². The minimum Gasteiger partial charge on any atom is -0.350 e. The first-order valence-corrected chi connectivity index (χ1v) is 8.00.